The molecule has 25 heavy (non-hydrogen) atoms. The summed E-state index contributed by atoms with van der Waals surface area (Å²) in [7, 11) is 0. The van der Waals surface area contributed by atoms with E-state index < -0.39 is 12.1 Å². The molecular formula is C20H25N3O2. The first kappa shape index (κ1) is 18.5. The lowest BCUT2D eigenvalue weighted by molar-refractivity contribution is -0.123. The summed E-state index contributed by atoms with van der Waals surface area (Å²) in [5, 5.41) is 5.50. The lowest BCUT2D eigenvalue weighted by Gasteiger charge is -2.21. The van der Waals surface area contributed by atoms with Crippen LogP contribution in [0.1, 0.15) is 24.5 Å². The molecule has 2 aromatic rings. The van der Waals surface area contributed by atoms with Crippen molar-refractivity contribution < 1.29 is 9.59 Å². The fourth-order valence-corrected chi connectivity index (χ4v) is 2.67. The van der Waals surface area contributed by atoms with E-state index in [9.17, 15) is 9.59 Å². The Morgan fingerprint density at radius 1 is 0.920 bits per heavy atom. The number of carbonyl (C=O) groups is 2. The van der Waals surface area contributed by atoms with Gasteiger partial charge in [-0.3, -0.25) is 4.79 Å². The summed E-state index contributed by atoms with van der Waals surface area (Å²) in [4.78, 5) is 23.8. The normalized spacial score (nSPS) is 12.8. The summed E-state index contributed by atoms with van der Waals surface area (Å²) in [5.41, 5.74) is 7.42. The first-order chi connectivity index (χ1) is 12.0. The standard InChI is InChI=1S/C20H25N3O2/c1-15(12-13-16-8-4-2-5-9-16)22-19(24)18(23-20(21)25)14-17-10-6-3-7-11-17/h2-11,15,18H,12-14H2,1H3,(H,22,24)(H3,21,23,25)/t15-,18+/m1/s1. The Kier molecular flexibility index (Phi) is 7.01. The molecule has 5 nitrogen and oxygen atoms in total. The number of rotatable bonds is 8. The first-order valence-electron chi connectivity index (χ1n) is 8.49. The molecule has 0 saturated heterocycles. The van der Waals surface area contributed by atoms with Crippen molar-refractivity contribution in [1.82, 2.24) is 10.6 Å². The van der Waals surface area contributed by atoms with Gasteiger partial charge in [0.2, 0.25) is 5.91 Å². The van der Waals surface area contributed by atoms with Crippen molar-refractivity contribution in [2.45, 2.75) is 38.3 Å². The second kappa shape index (κ2) is 9.47. The lowest BCUT2D eigenvalue weighted by atomic mass is 10.0. The number of amides is 3. The number of urea groups is 1. The number of primary amides is 1. The van der Waals surface area contributed by atoms with Crippen molar-refractivity contribution in [1.29, 1.82) is 0 Å². The molecule has 4 N–H and O–H groups in total. The molecule has 0 aromatic heterocycles. The highest BCUT2D eigenvalue weighted by Crippen LogP contribution is 2.07. The third-order valence-electron chi connectivity index (χ3n) is 4.01. The molecule has 0 bridgehead atoms. The molecule has 0 fully saturated rings. The van der Waals surface area contributed by atoms with Gasteiger partial charge < -0.3 is 16.4 Å². The molecule has 0 radical (unpaired) electrons. The van der Waals surface area contributed by atoms with Crippen LogP contribution in [-0.2, 0) is 17.6 Å². The number of benzene rings is 2. The Balaban J connectivity index is 1.90. The fraction of sp³-hybridized carbons (Fsp3) is 0.300. The maximum absolute atomic E-state index is 12.5. The van der Waals surface area contributed by atoms with Gasteiger partial charge in [-0.05, 0) is 30.9 Å². The number of hydrogen-bond donors (Lipinski definition) is 3. The van der Waals surface area contributed by atoms with Gasteiger partial charge in [-0.1, -0.05) is 60.7 Å². The predicted octanol–water partition coefficient (Wildman–Crippen LogP) is 2.40. The zero-order valence-corrected chi connectivity index (χ0v) is 14.4. The molecule has 0 aliphatic carbocycles. The van der Waals surface area contributed by atoms with Crippen LogP contribution in [0.2, 0.25) is 0 Å². The van der Waals surface area contributed by atoms with Gasteiger partial charge in [-0.25, -0.2) is 4.79 Å². The highest BCUT2D eigenvalue weighted by Gasteiger charge is 2.21. The largest absolute Gasteiger partial charge is 0.352 e. The van der Waals surface area contributed by atoms with Gasteiger partial charge >= 0.3 is 6.03 Å². The van der Waals surface area contributed by atoms with Crippen molar-refractivity contribution in [2.75, 3.05) is 0 Å². The molecule has 2 aromatic carbocycles. The van der Waals surface area contributed by atoms with Crippen LogP contribution >= 0.6 is 0 Å². The molecule has 3 amide bonds. The quantitative estimate of drug-likeness (QED) is 0.690. The van der Waals surface area contributed by atoms with E-state index in [2.05, 4.69) is 22.8 Å². The molecule has 5 heteroatoms. The molecule has 0 unspecified atom stereocenters. The number of carbonyl (C=O) groups excluding carboxylic acids is 2. The van der Waals surface area contributed by atoms with Crippen LogP contribution in [0.25, 0.3) is 0 Å². The van der Waals surface area contributed by atoms with Gasteiger partial charge in [0.05, 0.1) is 0 Å². The molecule has 132 valence electrons. The van der Waals surface area contributed by atoms with Crippen molar-refractivity contribution in [3.63, 3.8) is 0 Å². The van der Waals surface area contributed by atoms with E-state index in [0.717, 1.165) is 18.4 Å². The van der Waals surface area contributed by atoms with E-state index in [1.165, 1.54) is 5.56 Å². The maximum atomic E-state index is 12.5. The Morgan fingerprint density at radius 2 is 1.48 bits per heavy atom. The van der Waals surface area contributed by atoms with Gasteiger partial charge in [0.15, 0.2) is 0 Å². The summed E-state index contributed by atoms with van der Waals surface area (Å²) in [5.74, 6) is -0.219. The minimum atomic E-state index is -0.701. The summed E-state index contributed by atoms with van der Waals surface area (Å²) in [6, 6.07) is 18.3. The van der Waals surface area contributed by atoms with Gasteiger partial charge in [0.25, 0.3) is 0 Å². The minimum absolute atomic E-state index is 0.000607. The number of nitrogens with two attached hydrogens (primary N) is 1. The maximum Gasteiger partial charge on any atom is 0.312 e. The van der Waals surface area contributed by atoms with Crippen LogP contribution in [0, 0.1) is 0 Å². The first-order valence-corrected chi connectivity index (χ1v) is 8.49. The summed E-state index contributed by atoms with van der Waals surface area (Å²) < 4.78 is 0. The monoisotopic (exact) mass is 339 g/mol. The van der Waals surface area contributed by atoms with E-state index in [1.54, 1.807) is 0 Å². The van der Waals surface area contributed by atoms with E-state index in [1.807, 2.05) is 55.5 Å². The van der Waals surface area contributed by atoms with Gasteiger partial charge in [0, 0.05) is 12.5 Å². The van der Waals surface area contributed by atoms with Gasteiger partial charge in [-0.15, -0.1) is 0 Å². The zero-order chi connectivity index (χ0) is 18.1. The van der Waals surface area contributed by atoms with Gasteiger partial charge in [0.1, 0.15) is 6.04 Å². The number of nitrogens with one attached hydrogen (secondary N) is 2. The second-order valence-corrected chi connectivity index (χ2v) is 6.18. The van der Waals surface area contributed by atoms with Crippen LogP contribution in [-0.4, -0.2) is 24.0 Å². The van der Waals surface area contributed by atoms with Crippen LogP contribution in [0.4, 0.5) is 4.79 Å². The van der Waals surface area contributed by atoms with Gasteiger partial charge in [-0.2, -0.15) is 0 Å². The summed E-state index contributed by atoms with van der Waals surface area (Å²) in [6.45, 7) is 1.96. The molecular weight excluding hydrogens is 314 g/mol. The average molecular weight is 339 g/mol. The number of hydrogen-bond acceptors (Lipinski definition) is 2. The molecule has 0 heterocycles. The Hall–Kier alpha value is -2.82. The molecule has 2 atom stereocenters. The van der Waals surface area contributed by atoms with Crippen LogP contribution in [0.3, 0.4) is 0 Å². The summed E-state index contributed by atoms with van der Waals surface area (Å²) in [6.07, 6.45) is 2.11. The summed E-state index contributed by atoms with van der Waals surface area (Å²) >= 11 is 0. The Bertz CT molecular complexity index is 674. The van der Waals surface area contributed by atoms with Crippen molar-refractivity contribution in [3.05, 3.63) is 71.8 Å². The van der Waals surface area contributed by atoms with E-state index >= 15 is 0 Å². The molecule has 0 saturated carbocycles. The predicted molar refractivity (Wildman–Crippen MR) is 99.0 cm³/mol. The van der Waals surface area contributed by atoms with Crippen molar-refractivity contribution >= 4 is 11.9 Å². The zero-order valence-electron chi connectivity index (χ0n) is 14.4. The topological polar surface area (TPSA) is 84.2 Å². The Labute approximate surface area is 148 Å². The fourth-order valence-electron chi connectivity index (χ4n) is 2.67. The minimum Gasteiger partial charge on any atom is -0.352 e. The van der Waals surface area contributed by atoms with E-state index in [0.29, 0.717) is 6.42 Å². The smallest absolute Gasteiger partial charge is 0.312 e. The van der Waals surface area contributed by atoms with Crippen LogP contribution in [0.5, 0.6) is 0 Å². The molecule has 0 aliphatic heterocycles. The molecule has 0 aliphatic rings. The van der Waals surface area contributed by atoms with Crippen LogP contribution < -0.4 is 16.4 Å². The third kappa shape index (κ3) is 6.67. The van der Waals surface area contributed by atoms with E-state index in [-0.39, 0.29) is 11.9 Å². The highest BCUT2D eigenvalue weighted by molar-refractivity contribution is 5.87. The van der Waals surface area contributed by atoms with Crippen LogP contribution in [0.15, 0.2) is 60.7 Å². The average Bonchev–Trinajstić information content (AvgIpc) is 2.61. The highest BCUT2D eigenvalue weighted by atomic mass is 16.2. The molecule has 2 rings (SSSR count). The van der Waals surface area contributed by atoms with E-state index in [4.69, 9.17) is 5.73 Å². The lowest BCUT2D eigenvalue weighted by Crippen LogP contribution is -2.51. The second-order valence-electron chi connectivity index (χ2n) is 6.18. The Morgan fingerprint density at radius 3 is 2.04 bits per heavy atom. The van der Waals surface area contributed by atoms with Crippen molar-refractivity contribution in [3.8, 4) is 0 Å². The molecule has 0 spiro atoms. The third-order valence-corrected chi connectivity index (χ3v) is 4.01. The van der Waals surface area contributed by atoms with Crippen molar-refractivity contribution in [2.24, 2.45) is 5.73 Å². The number of aryl methyl sites for hydroxylation is 1. The SMILES string of the molecule is C[C@H](CCc1ccccc1)NC(=O)[C@H](Cc1ccccc1)NC(N)=O.